The second-order valence-corrected chi connectivity index (χ2v) is 8.38. The summed E-state index contributed by atoms with van der Waals surface area (Å²) in [5, 5.41) is 0.334. The maximum atomic E-state index is 12.4. The first-order valence-corrected chi connectivity index (χ1v) is 10.5. The van der Waals surface area contributed by atoms with Crippen LogP contribution in [-0.4, -0.2) is 54.8 Å². The molecule has 2 aromatic rings. The third-order valence-corrected chi connectivity index (χ3v) is 5.86. The van der Waals surface area contributed by atoms with Gasteiger partial charge in [-0.15, -0.1) is 11.8 Å². The van der Waals surface area contributed by atoms with Crippen LogP contribution in [0.25, 0.3) is 0 Å². The van der Waals surface area contributed by atoms with Crippen LogP contribution in [0.2, 0.25) is 5.02 Å². The highest BCUT2D eigenvalue weighted by molar-refractivity contribution is 8.00. The first-order valence-electron chi connectivity index (χ1n) is 9.19. The molecule has 7 heteroatoms. The Labute approximate surface area is 174 Å². The maximum absolute atomic E-state index is 12.4. The van der Waals surface area contributed by atoms with E-state index in [4.69, 9.17) is 16.3 Å². The van der Waals surface area contributed by atoms with Crippen molar-refractivity contribution >= 4 is 40.9 Å². The van der Waals surface area contributed by atoms with Crippen molar-refractivity contribution in [3.8, 4) is 0 Å². The molecular weight excluding hydrogens is 396 g/mol. The summed E-state index contributed by atoms with van der Waals surface area (Å²) < 4.78 is 5.24. The summed E-state index contributed by atoms with van der Waals surface area (Å²) >= 11 is 7.47. The minimum Gasteiger partial charge on any atom is -0.455 e. The summed E-state index contributed by atoms with van der Waals surface area (Å²) in [7, 11) is 0. The Morgan fingerprint density at radius 3 is 2.46 bits per heavy atom. The van der Waals surface area contributed by atoms with Crippen LogP contribution in [-0.2, 0) is 14.3 Å². The van der Waals surface area contributed by atoms with E-state index in [1.165, 1.54) is 11.8 Å². The van der Waals surface area contributed by atoms with Crippen molar-refractivity contribution in [2.45, 2.75) is 17.1 Å². The Kier molecular flexibility index (Phi) is 7.23. The molecule has 0 aliphatic carbocycles. The van der Waals surface area contributed by atoms with E-state index >= 15 is 0 Å². The first kappa shape index (κ1) is 20.6. The number of benzene rings is 2. The van der Waals surface area contributed by atoms with Gasteiger partial charge in [0.05, 0.1) is 0 Å². The SMILES string of the molecule is C[C@H](Sc1ccccc1)C(=O)OCC(=O)N1CCN(c2cccc(Cl)c2)CC1. The molecule has 0 unspecified atom stereocenters. The predicted molar refractivity (Wildman–Crippen MR) is 113 cm³/mol. The van der Waals surface area contributed by atoms with Gasteiger partial charge in [-0.25, -0.2) is 0 Å². The summed E-state index contributed by atoms with van der Waals surface area (Å²) in [6.07, 6.45) is 0. The Hall–Kier alpha value is -2.18. The highest BCUT2D eigenvalue weighted by Crippen LogP contribution is 2.23. The van der Waals surface area contributed by atoms with Gasteiger partial charge < -0.3 is 14.5 Å². The zero-order valence-corrected chi connectivity index (χ0v) is 17.3. The van der Waals surface area contributed by atoms with Crippen LogP contribution in [0.3, 0.4) is 0 Å². The van der Waals surface area contributed by atoms with Gasteiger partial charge in [-0.2, -0.15) is 0 Å². The fourth-order valence-corrected chi connectivity index (χ4v) is 4.05. The van der Waals surface area contributed by atoms with E-state index in [0.29, 0.717) is 18.1 Å². The van der Waals surface area contributed by atoms with Crippen LogP contribution in [0, 0.1) is 0 Å². The average molecular weight is 419 g/mol. The Balaban J connectivity index is 1.42. The molecular formula is C21H23ClN2O3S. The quantitative estimate of drug-likeness (QED) is 0.528. The van der Waals surface area contributed by atoms with E-state index in [1.54, 1.807) is 11.8 Å². The van der Waals surface area contributed by atoms with E-state index in [2.05, 4.69) is 4.90 Å². The second-order valence-electron chi connectivity index (χ2n) is 6.53. The molecule has 1 saturated heterocycles. The average Bonchev–Trinajstić information content (AvgIpc) is 2.72. The molecule has 1 aliphatic heterocycles. The lowest BCUT2D eigenvalue weighted by molar-refractivity contribution is -0.151. The summed E-state index contributed by atoms with van der Waals surface area (Å²) in [6, 6.07) is 17.4. The number of thioether (sulfide) groups is 1. The summed E-state index contributed by atoms with van der Waals surface area (Å²) in [4.78, 5) is 29.5. The van der Waals surface area contributed by atoms with Gasteiger partial charge in [0.25, 0.3) is 5.91 Å². The molecule has 5 nitrogen and oxygen atoms in total. The van der Waals surface area contributed by atoms with E-state index < -0.39 is 0 Å². The number of anilines is 1. The lowest BCUT2D eigenvalue weighted by Gasteiger charge is -2.36. The minimum absolute atomic E-state index is 0.156. The largest absolute Gasteiger partial charge is 0.455 e. The molecule has 3 rings (SSSR count). The smallest absolute Gasteiger partial charge is 0.319 e. The number of carbonyl (C=O) groups is 2. The van der Waals surface area contributed by atoms with Crippen molar-refractivity contribution in [1.82, 2.24) is 4.90 Å². The van der Waals surface area contributed by atoms with E-state index in [0.717, 1.165) is 23.7 Å². The standard InChI is InChI=1S/C21H23ClN2O3S/c1-16(28-19-8-3-2-4-9-19)21(26)27-15-20(25)24-12-10-23(11-13-24)18-7-5-6-17(22)14-18/h2-9,14,16H,10-13,15H2,1H3/t16-/m0/s1. The molecule has 0 spiro atoms. The molecule has 1 amide bonds. The summed E-state index contributed by atoms with van der Waals surface area (Å²) in [6.45, 7) is 4.21. The normalized spacial score (nSPS) is 15.2. The molecule has 1 atom stereocenters. The highest BCUT2D eigenvalue weighted by Gasteiger charge is 2.23. The van der Waals surface area contributed by atoms with Crippen LogP contribution in [0.15, 0.2) is 59.5 Å². The first-order chi connectivity index (χ1) is 13.5. The van der Waals surface area contributed by atoms with Gasteiger partial charge in [0.2, 0.25) is 0 Å². The fourth-order valence-electron chi connectivity index (χ4n) is 2.98. The Morgan fingerprint density at radius 2 is 1.79 bits per heavy atom. The van der Waals surface area contributed by atoms with Crippen LogP contribution < -0.4 is 4.90 Å². The number of ether oxygens (including phenoxy) is 1. The third kappa shape index (κ3) is 5.66. The van der Waals surface area contributed by atoms with E-state index in [1.807, 2.05) is 54.6 Å². The van der Waals surface area contributed by atoms with E-state index in [9.17, 15) is 9.59 Å². The number of carbonyl (C=O) groups excluding carboxylic acids is 2. The molecule has 148 valence electrons. The van der Waals surface area contributed by atoms with Crippen molar-refractivity contribution in [3.05, 3.63) is 59.6 Å². The molecule has 0 radical (unpaired) electrons. The molecule has 1 heterocycles. The summed E-state index contributed by atoms with van der Waals surface area (Å²) in [5.74, 6) is -0.532. The number of amides is 1. The second kappa shape index (κ2) is 9.85. The van der Waals surface area contributed by atoms with Crippen molar-refractivity contribution < 1.29 is 14.3 Å². The molecule has 0 aromatic heterocycles. The van der Waals surface area contributed by atoms with Gasteiger partial charge in [0.15, 0.2) is 6.61 Å². The monoisotopic (exact) mass is 418 g/mol. The molecule has 0 bridgehead atoms. The number of rotatable bonds is 6. The molecule has 2 aromatic carbocycles. The molecule has 0 N–H and O–H groups in total. The predicted octanol–water partition coefficient (Wildman–Crippen LogP) is 3.71. The van der Waals surface area contributed by atoms with Crippen LogP contribution >= 0.6 is 23.4 Å². The van der Waals surface area contributed by atoms with Gasteiger partial charge in [-0.3, -0.25) is 9.59 Å². The lowest BCUT2D eigenvalue weighted by Crippen LogP contribution is -2.50. The third-order valence-electron chi connectivity index (χ3n) is 4.53. The zero-order valence-electron chi connectivity index (χ0n) is 15.7. The summed E-state index contributed by atoms with van der Waals surface area (Å²) in [5.41, 5.74) is 1.05. The Morgan fingerprint density at radius 1 is 1.07 bits per heavy atom. The number of hydrogen-bond acceptors (Lipinski definition) is 5. The van der Waals surface area contributed by atoms with Gasteiger partial charge in [-0.05, 0) is 37.3 Å². The number of hydrogen-bond donors (Lipinski definition) is 0. The van der Waals surface area contributed by atoms with Gasteiger partial charge in [0, 0.05) is 41.8 Å². The topological polar surface area (TPSA) is 49.9 Å². The van der Waals surface area contributed by atoms with Crippen molar-refractivity contribution in [2.75, 3.05) is 37.7 Å². The number of piperazine rings is 1. The van der Waals surface area contributed by atoms with Crippen LogP contribution in [0.5, 0.6) is 0 Å². The zero-order chi connectivity index (χ0) is 19.9. The lowest BCUT2D eigenvalue weighted by atomic mass is 10.2. The van der Waals surface area contributed by atoms with Crippen LogP contribution in [0.4, 0.5) is 5.69 Å². The fraction of sp³-hybridized carbons (Fsp3) is 0.333. The van der Waals surface area contributed by atoms with Gasteiger partial charge >= 0.3 is 5.97 Å². The molecule has 0 saturated carbocycles. The minimum atomic E-state index is -0.375. The Bertz CT molecular complexity index is 810. The number of halogens is 1. The van der Waals surface area contributed by atoms with Gasteiger partial charge in [-0.1, -0.05) is 35.9 Å². The highest BCUT2D eigenvalue weighted by atomic mass is 35.5. The molecule has 28 heavy (non-hydrogen) atoms. The van der Waals surface area contributed by atoms with Crippen molar-refractivity contribution in [3.63, 3.8) is 0 Å². The molecule has 1 fully saturated rings. The number of esters is 1. The van der Waals surface area contributed by atoms with E-state index in [-0.39, 0.29) is 23.7 Å². The molecule has 1 aliphatic rings. The number of nitrogens with zero attached hydrogens (tertiary/aromatic N) is 2. The maximum Gasteiger partial charge on any atom is 0.319 e. The van der Waals surface area contributed by atoms with Crippen LogP contribution in [0.1, 0.15) is 6.92 Å². The van der Waals surface area contributed by atoms with Crippen molar-refractivity contribution in [2.24, 2.45) is 0 Å². The van der Waals surface area contributed by atoms with Crippen molar-refractivity contribution in [1.29, 1.82) is 0 Å². The van der Waals surface area contributed by atoms with Gasteiger partial charge in [0.1, 0.15) is 5.25 Å².